The molecule has 7 amide bonds. The number of benzene rings is 1. The first-order chi connectivity index (χ1) is 29.7. The van der Waals surface area contributed by atoms with Crippen LogP contribution < -0.4 is 36.7 Å². The number of hydrogen-bond acceptors (Lipinski definition) is 12. The number of carbonyl (C=O) groups is 8. The van der Waals surface area contributed by atoms with Crippen LogP contribution in [0.4, 0.5) is 0 Å². The molecule has 3 rings (SSSR count). The van der Waals surface area contributed by atoms with Crippen molar-refractivity contribution in [2.45, 2.75) is 149 Å². The number of aliphatic hydroxyl groups excluding tert-OH is 1. The molecule has 0 spiro atoms. The normalized spacial score (nSPS) is 27.3. The Bertz CT molecular complexity index is 1760. The van der Waals surface area contributed by atoms with Crippen LogP contribution in [0.1, 0.15) is 93.6 Å². The van der Waals surface area contributed by atoms with Gasteiger partial charge in [0.1, 0.15) is 54.1 Å². The molecule has 19 heteroatoms. The van der Waals surface area contributed by atoms with Crippen molar-refractivity contribution in [3.8, 4) is 5.75 Å². The molecule has 11 atom stereocenters. The second-order valence-electron chi connectivity index (χ2n) is 17.6. The number of cyclic esters (lactones) is 1. The highest BCUT2D eigenvalue weighted by molar-refractivity contribution is 5.98. The summed E-state index contributed by atoms with van der Waals surface area (Å²) in [6.45, 7) is 15.5. The zero-order chi connectivity index (χ0) is 47.3. The van der Waals surface area contributed by atoms with Crippen LogP contribution >= 0.6 is 0 Å². The summed E-state index contributed by atoms with van der Waals surface area (Å²) < 4.78 is 11.2. The zero-order valence-corrected chi connectivity index (χ0v) is 38.6. The predicted octanol–water partition coefficient (Wildman–Crippen LogP) is 0.325. The van der Waals surface area contributed by atoms with E-state index in [0.717, 1.165) is 5.01 Å². The van der Waals surface area contributed by atoms with E-state index in [2.05, 4.69) is 32.0 Å². The van der Waals surface area contributed by atoms with E-state index in [0.29, 0.717) is 30.6 Å². The third kappa shape index (κ3) is 13.8. The van der Waals surface area contributed by atoms with E-state index in [9.17, 15) is 43.5 Å². The van der Waals surface area contributed by atoms with Gasteiger partial charge in [0, 0.05) is 26.4 Å². The van der Waals surface area contributed by atoms with Gasteiger partial charge in [-0.1, -0.05) is 80.4 Å². The minimum absolute atomic E-state index is 0.0896. The van der Waals surface area contributed by atoms with Crippen LogP contribution in [0.3, 0.4) is 0 Å². The topological polar surface area (TPSA) is 254 Å². The van der Waals surface area contributed by atoms with Crippen LogP contribution in [0.25, 0.3) is 0 Å². The molecule has 0 radical (unpaired) electrons. The smallest absolute Gasteiger partial charge is 0.329 e. The number of hydrazine groups is 1. The number of nitrogens with one attached hydrogen (secondary N) is 6. The van der Waals surface area contributed by atoms with Crippen molar-refractivity contribution in [2.75, 3.05) is 20.7 Å². The number of likely N-dealkylation sites (N-methyl/N-ethyl adjacent to an activating group) is 1. The van der Waals surface area contributed by atoms with Crippen LogP contribution in [0.15, 0.2) is 24.3 Å². The molecular formula is C44H70N8O11. The molecular weight excluding hydrogens is 817 g/mol. The molecule has 0 bridgehead atoms. The molecule has 7 N–H and O–H groups in total. The summed E-state index contributed by atoms with van der Waals surface area (Å²) in [5.41, 5.74) is 3.43. The number of nitrogens with zero attached hydrogens (tertiary/aromatic N) is 2. The first-order valence-corrected chi connectivity index (χ1v) is 21.9. The largest absolute Gasteiger partial charge is 0.497 e. The Morgan fingerprint density at radius 1 is 0.921 bits per heavy atom. The van der Waals surface area contributed by atoms with Crippen molar-refractivity contribution in [1.82, 2.24) is 41.9 Å². The Hall–Kier alpha value is -5.30. The second-order valence-corrected chi connectivity index (χ2v) is 17.6. The molecule has 0 aromatic heterocycles. The fraction of sp³-hybridized carbons (Fsp3) is 0.682. The summed E-state index contributed by atoms with van der Waals surface area (Å²) in [6.07, 6.45) is -1.37. The van der Waals surface area contributed by atoms with E-state index in [1.807, 2.05) is 27.7 Å². The number of amides is 7. The predicted molar refractivity (Wildman–Crippen MR) is 232 cm³/mol. The summed E-state index contributed by atoms with van der Waals surface area (Å²) in [6, 6.07) is -2.42. The minimum atomic E-state index is -1.65. The highest BCUT2D eigenvalue weighted by atomic mass is 16.5. The number of aliphatic hydroxyl groups is 1. The van der Waals surface area contributed by atoms with Crippen molar-refractivity contribution in [3.63, 3.8) is 0 Å². The third-order valence-corrected chi connectivity index (χ3v) is 11.9. The van der Waals surface area contributed by atoms with Crippen LogP contribution in [0, 0.1) is 23.7 Å². The van der Waals surface area contributed by atoms with Gasteiger partial charge in [0.05, 0.1) is 13.2 Å². The molecule has 2 saturated heterocycles. The van der Waals surface area contributed by atoms with Gasteiger partial charge in [0.15, 0.2) is 0 Å². The Balaban J connectivity index is 2.28. The average Bonchev–Trinajstić information content (AvgIpc) is 3.24. The second kappa shape index (κ2) is 24.0. The van der Waals surface area contributed by atoms with E-state index in [1.165, 1.54) is 26.0 Å². The summed E-state index contributed by atoms with van der Waals surface area (Å²) in [7, 11) is 2.89. The lowest BCUT2D eigenvalue weighted by molar-refractivity contribution is -0.163. The molecule has 1 aromatic carbocycles. The Kier molecular flexibility index (Phi) is 19.8. The number of hydrogen-bond donors (Lipinski definition) is 7. The summed E-state index contributed by atoms with van der Waals surface area (Å²) in [5, 5.41) is 25.3. The number of β-amino-alcohol motifs (C(OH)–C–C–N with tert-alkyl or cyclic N) is 1. The molecule has 1 aromatic rings. The van der Waals surface area contributed by atoms with Crippen molar-refractivity contribution < 1.29 is 52.9 Å². The Morgan fingerprint density at radius 2 is 1.56 bits per heavy atom. The van der Waals surface area contributed by atoms with Gasteiger partial charge in [-0.3, -0.25) is 38.6 Å². The van der Waals surface area contributed by atoms with Crippen LogP contribution in [0.2, 0.25) is 0 Å². The van der Waals surface area contributed by atoms with E-state index >= 15 is 0 Å². The van der Waals surface area contributed by atoms with Gasteiger partial charge in [-0.15, -0.1) is 0 Å². The number of methoxy groups -OCH3 is 1. The van der Waals surface area contributed by atoms with Crippen LogP contribution in [0.5, 0.6) is 5.75 Å². The molecule has 63 heavy (non-hydrogen) atoms. The fourth-order valence-corrected chi connectivity index (χ4v) is 7.76. The van der Waals surface area contributed by atoms with E-state index in [4.69, 9.17) is 9.47 Å². The lowest BCUT2D eigenvalue weighted by Gasteiger charge is -2.41. The van der Waals surface area contributed by atoms with Gasteiger partial charge in [-0.05, 0) is 54.7 Å². The van der Waals surface area contributed by atoms with Crippen molar-refractivity contribution >= 4 is 47.8 Å². The van der Waals surface area contributed by atoms with Gasteiger partial charge in [0.2, 0.25) is 35.9 Å². The fourth-order valence-electron chi connectivity index (χ4n) is 7.76. The monoisotopic (exact) mass is 887 g/mol. The standard InChI is InChI=1S/C44H70N8O11/c1-12-25(7)34(45-22-53)40(57)50-36-27(9)63-44(61)37(24(5)6)51(10)42(59)32(18-23(3)4)48-39(56)33-20-29(54)21-46-52(33)43(60)35(26(8)13-2)49-38(55)31(47-41(36)58)19-28-14-16-30(62-11)17-15-28/h14-17,22-27,29,31-37,46,54H,12-13,18-21H2,1-11H3,(H,45,53)(H,47,58)(H,48,56)(H,49,55)(H,50,57)/t25-,26+,27-,29+,31+,32+,33+,34+,35-,36+,37+/m1/s1. The lowest BCUT2D eigenvalue weighted by Crippen LogP contribution is -2.67. The van der Waals surface area contributed by atoms with Gasteiger partial charge >= 0.3 is 5.97 Å². The molecule has 2 fully saturated rings. The summed E-state index contributed by atoms with van der Waals surface area (Å²) >= 11 is 0. The van der Waals surface area contributed by atoms with E-state index in [-0.39, 0.29) is 37.6 Å². The maximum absolute atomic E-state index is 14.6. The summed E-state index contributed by atoms with van der Waals surface area (Å²) in [5.74, 6) is -6.52. The molecule has 0 aliphatic carbocycles. The first-order valence-electron chi connectivity index (χ1n) is 21.9. The highest BCUT2D eigenvalue weighted by Crippen LogP contribution is 2.22. The van der Waals surface area contributed by atoms with Gasteiger partial charge in [-0.25, -0.2) is 10.2 Å². The quantitative estimate of drug-likeness (QED) is 0.0986. The number of esters is 1. The van der Waals surface area contributed by atoms with E-state index in [1.54, 1.807) is 52.0 Å². The molecule has 2 heterocycles. The van der Waals surface area contributed by atoms with Crippen LogP contribution in [-0.4, -0.2) is 138 Å². The molecule has 2 aliphatic rings. The SMILES string of the molecule is CC[C@@H](C)[C@H](NC=O)C(=O)N[C@@H]1C(=O)N[C@@H](Cc2ccc(OC)cc2)C(=O)N[C@H]([C@@H](C)CC)C(=O)N2NC[C@@H](O)C[C@H]2C(=O)N[C@@H](CC(C)C)C(=O)N(C)[C@@H](C(C)C)C(=O)O[C@@H]1C. The van der Waals surface area contributed by atoms with Gasteiger partial charge < -0.3 is 46.1 Å². The average molecular weight is 887 g/mol. The number of fused-ring (bicyclic) bond motifs is 1. The Morgan fingerprint density at radius 3 is 2.11 bits per heavy atom. The van der Waals surface area contributed by atoms with Crippen molar-refractivity contribution in [1.29, 1.82) is 0 Å². The third-order valence-electron chi connectivity index (χ3n) is 11.9. The van der Waals surface area contributed by atoms with Crippen molar-refractivity contribution in [2.24, 2.45) is 23.7 Å². The Labute approximate surface area is 370 Å². The molecule has 0 saturated carbocycles. The molecule has 0 unspecified atom stereocenters. The number of carbonyl (C=O) groups excluding carboxylic acids is 8. The zero-order valence-electron chi connectivity index (χ0n) is 38.6. The number of rotatable bonds is 14. The van der Waals surface area contributed by atoms with E-state index < -0.39 is 108 Å². The van der Waals surface area contributed by atoms with Gasteiger partial charge in [0.25, 0.3) is 5.91 Å². The highest BCUT2D eigenvalue weighted by Gasteiger charge is 2.44. The van der Waals surface area contributed by atoms with Crippen LogP contribution in [-0.2, 0) is 49.5 Å². The maximum Gasteiger partial charge on any atom is 0.329 e. The number of ether oxygens (including phenoxy) is 2. The lowest BCUT2D eigenvalue weighted by atomic mass is 9.95. The minimum Gasteiger partial charge on any atom is -0.497 e. The van der Waals surface area contributed by atoms with Gasteiger partial charge in [-0.2, -0.15) is 0 Å². The molecule has 352 valence electrons. The maximum atomic E-state index is 14.6. The summed E-state index contributed by atoms with van der Waals surface area (Å²) in [4.78, 5) is 113. The molecule has 2 aliphatic heterocycles. The van der Waals surface area contributed by atoms with Crippen molar-refractivity contribution in [3.05, 3.63) is 29.8 Å². The first kappa shape index (κ1) is 52.0. The molecule has 19 nitrogen and oxygen atoms in total.